The van der Waals surface area contributed by atoms with E-state index in [4.69, 9.17) is 10.1 Å². The molecule has 0 radical (unpaired) electrons. The maximum absolute atomic E-state index is 12.1. The Morgan fingerprint density at radius 2 is 2.00 bits per heavy atom. The van der Waals surface area contributed by atoms with E-state index in [1.807, 2.05) is 31.2 Å². The molecule has 136 valence electrons. The number of aryl methyl sites for hydroxylation is 1. The van der Waals surface area contributed by atoms with Crippen molar-refractivity contribution in [3.63, 3.8) is 0 Å². The third-order valence-corrected chi connectivity index (χ3v) is 4.04. The van der Waals surface area contributed by atoms with E-state index in [0.29, 0.717) is 23.9 Å². The molecule has 0 spiro atoms. The molecule has 0 aliphatic rings. The standard InChI is InChI=1S/C19H22N4O3/c1-11(2)10-23-19-14(9-13-5-4-12(3)8-15(13)20-19)18(22-23)21-16(24)6-7-17(25)26/h4-5,8-9,11H,6-7,10H2,1-3H3,(H,25,26)(H,21,22,24). The fraction of sp³-hybridized carbons (Fsp3) is 0.368. The number of carboxylic acids is 1. The minimum absolute atomic E-state index is 0.0892. The molecular weight excluding hydrogens is 332 g/mol. The predicted molar refractivity (Wildman–Crippen MR) is 100 cm³/mol. The van der Waals surface area contributed by atoms with Crippen LogP contribution in [0.15, 0.2) is 24.3 Å². The van der Waals surface area contributed by atoms with Gasteiger partial charge in [0, 0.05) is 18.4 Å². The van der Waals surface area contributed by atoms with Crippen LogP contribution in [0.2, 0.25) is 0 Å². The van der Waals surface area contributed by atoms with Crippen molar-refractivity contribution in [3.8, 4) is 0 Å². The number of rotatable bonds is 6. The SMILES string of the molecule is Cc1ccc2cc3c(NC(=O)CCC(=O)O)nn(CC(C)C)c3nc2c1. The lowest BCUT2D eigenvalue weighted by Gasteiger charge is -2.06. The van der Waals surface area contributed by atoms with Gasteiger partial charge in [0.25, 0.3) is 0 Å². The zero-order valence-corrected chi connectivity index (χ0v) is 15.1. The number of carboxylic acid groups (broad SMARTS) is 1. The lowest BCUT2D eigenvalue weighted by molar-refractivity contribution is -0.138. The number of carbonyl (C=O) groups is 2. The van der Waals surface area contributed by atoms with Gasteiger partial charge in [-0.05, 0) is 30.5 Å². The van der Waals surface area contributed by atoms with Crippen molar-refractivity contribution < 1.29 is 14.7 Å². The molecule has 1 aromatic carbocycles. The number of pyridine rings is 1. The maximum Gasteiger partial charge on any atom is 0.303 e. The lowest BCUT2D eigenvalue weighted by atomic mass is 10.1. The lowest BCUT2D eigenvalue weighted by Crippen LogP contribution is -2.14. The predicted octanol–water partition coefficient (Wildman–Crippen LogP) is 3.35. The summed E-state index contributed by atoms with van der Waals surface area (Å²) in [6.45, 7) is 6.87. The first-order valence-corrected chi connectivity index (χ1v) is 8.63. The Bertz CT molecular complexity index is 991. The molecule has 2 aromatic heterocycles. The summed E-state index contributed by atoms with van der Waals surface area (Å²) in [5, 5.41) is 17.7. The van der Waals surface area contributed by atoms with Gasteiger partial charge in [0.05, 0.1) is 17.3 Å². The summed E-state index contributed by atoms with van der Waals surface area (Å²) < 4.78 is 1.80. The number of fused-ring (bicyclic) bond motifs is 2. The van der Waals surface area contributed by atoms with Crippen molar-refractivity contribution in [3.05, 3.63) is 29.8 Å². The molecule has 0 unspecified atom stereocenters. The van der Waals surface area contributed by atoms with Crippen molar-refractivity contribution >= 4 is 39.6 Å². The van der Waals surface area contributed by atoms with Crippen LogP contribution in [-0.4, -0.2) is 31.7 Å². The molecule has 7 heteroatoms. The molecule has 7 nitrogen and oxygen atoms in total. The molecular formula is C19H22N4O3. The van der Waals surface area contributed by atoms with E-state index in [-0.39, 0.29) is 18.7 Å². The van der Waals surface area contributed by atoms with E-state index >= 15 is 0 Å². The minimum atomic E-state index is -1.00. The zero-order chi connectivity index (χ0) is 18.8. The number of amides is 1. The summed E-state index contributed by atoms with van der Waals surface area (Å²) in [6, 6.07) is 7.99. The van der Waals surface area contributed by atoms with E-state index in [1.54, 1.807) is 4.68 Å². The second-order valence-electron chi connectivity index (χ2n) is 6.92. The maximum atomic E-state index is 12.1. The Kier molecular flexibility index (Phi) is 4.88. The Morgan fingerprint density at radius 1 is 1.23 bits per heavy atom. The van der Waals surface area contributed by atoms with Crippen molar-refractivity contribution in [2.75, 3.05) is 5.32 Å². The van der Waals surface area contributed by atoms with Gasteiger partial charge in [-0.2, -0.15) is 5.10 Å². The molecule has 3 aromatic rings. The average Bonchev–Trinajstić information content (AvgIpc) is 2.87. The monoisotopic (exact) mass is 354 g/mol. The highest BCUT2D eigenvalue weighted by atomic mass is 16.4. The van der Waals surface area contributed by atoms with Crippen LogP contribution in [0.25, 0.3) is 21.9 Å². The topological polar surface area (TPSA) is 97.1 Å². The highest BCUT2D eigenvalue weighted by Gasteiger charge is 2.16. The number of hydrogen-bond donors (Lipinski definition) is 2. The fourth-order valence-electron chi connectivity index (χ4n) is 2.84. The average molecular weight is 354 g/mol. The second kappa shape index (κ2) is 7.11. The van der Waals surface area contributed by atoms with Crippen molar-refractivity contribution in [2.45, 2.75) is 40.2 Å². The molecule has 0 atom stereocenters. The van der Waals surface area contributed by atoms with E-state index in [9.17, 15) is 9.59 Å². The molecule has 26 heavy (non-hydrogen) atoms. The molecule has 3 rings (SSSR count). The number of anilines is 1. The van der Waals surface area contributed by atoms with Crippen LogP contribution < -0.4 is 5.32 Å². The minimum Gasteiger partial charge on any atom is -0.481 e. The van der Waals surface area contributed by atoms with Gasteiger partial charge in [0.2, 0.25) is 5.91 Å². The fourth-order valence-corrected chi connectivity index (χ4v) is 2.84. The van der Waals surface area contributed by atoms with Crippen LogP contribution >= 0.6 is 0 Å². The molecule has 0 fully saturated rings. The number of hydrogen-bond acceptors (Lipinski definition) is 4. The van der Waals surface area contributed by atoms with E-state index in [2.05, 4.69) is 24.3 Å². The van der Waals surface area contributed by atoms with Crippen LogP contribution in [0.1, 0.15) is 32.3 Å². The molecule has 0 aliphatic carbocycles. The first-order chi connectivity index (χ1) is 12.3. The summed E-state index contributed by atoms with van der Waals surface area (Å²) in [6.07, 6.45) is -0.301. The summed E-state index contributed by atoms with van der Waals surface area (Å²) in [5.74, 6) is -0.583. The first kappa shape index (κ1) is 17.8. The Balaban J connectivity index is 2.05. The Labute approximate surface area is 151 Å². The highest BCUT2D eigenvalue weighted by molar-refractivity contribution is 6.03. The van der Waals surface area contributed by atoms with Gasteiger partial charge in [-0.15, -0.1) is 0 Å². The smallest absolute Gasteiger partial charge is 0.303 e. The number of aliphatic carboxylic acids is 1. The number of benzene rings is 1. The van der Waals surface area contributed by atoms with E-state index in [0.717, 1.165) is 21.9 Å². The first-order valence-electron chi connectivity index (χ1n) is 8.63. The summed E-state index contributed by atoms with van der Waals surface area (Å²) in [7, 11) is 0. The molecule has 0 saturated carbocycles. The third-order valence-electron chi connectivity index (χ3n) is 4.04. The molecule has 0 saturated heterocycles. The van der Waals surface area contributed by atoms with Gasteiger partial charge >= 0.3 is 5.97 Å². The van der Waals surface area contributed by atoms with Gasteiger partial charge in [-0.1, -0.05) is 26.0 Å². The van der Waals surface area contributed by atoms with Gasteiger partial charge in [-0.25, -0.2) is 9.67 Å². The molecule has 2 heterocycles. The summed E-state index contributed by atoms with van der Waals surface area (Å²) >= 11 is 0. The van der Waals surface area contributed by atoms with Gasteiger partial charge in [0.15, 0.2) is 11.5 Å². The largest absolute Gasteiger partial charge is 0.481 e. The second-order valence-corrected chi connectivity index (χ2v) is 6.92. The number of nitrogens with zero attached hydrogens (tertiary/aromatic N) is 3. The zero-order valence-electron chi connectivity index (χ0n) is 15.1. The van der Waals surface area contributed by atoms with Gasteiger partial charge < -0.3 is 10.4 Å². The van der Waals surface area contributed by atoms with Gasteiger partial charge in [0.1, 0.15) is 0 Å². The van der Waals surface area contributed by atoms with Crippen LogP contribution in [-0.2, 0) is 16.1 Å². The summed E-state index contributed by atoms with van der Waals surface area (Å²) in [5.41, 5.74) is 2.72. The van der Waals surface area contributed by atoms with Crippen LogP contribution in [0.5, 0.6) is 0 Å². The molecule has 1 amide bonds. The van der Waals surface area contributed by atoms with Crippen molar-refractivity contribution in [1.29, 1.82) is 0 Å². The van der Waals surface area contributed by atoms with Crippen molar-refractivity contribution in [1.82, 2.24) is 14.8 Å². The highest BCUT2D eigenvalue weighted by Crippen LogP contribution is 2.27. The molecule has 0 bridgehead atoms. The normalized spacial score (nSPS) is 11.4. The number of aromatic nitrogens is 3. The number of carbonyl (C=O) groups excluding carboxylic acids is 1. The van der Waals surface area contributed by atoms with Crippen LogP contribution in [0.3, 0.4) is 0 Å². The Hall–Kier alpha value is -2.96. The number of nitrogens with one attached hydrogen (secondary N) is 1. The molecule has 0 aliphatic heterocycles. The van der Waals surface area contributed by atoms with Crippen LogP contribution in [0, 0.1) is 12.8 Å². The summed E-state index contributed by atoms with van der Waals surface area (Å²) in [4.78, 5) is 27.5. The third kappa shape index (κ3) is 3.82. The van der Waals surface area contributed by atoms with Gasteiger partial charge in [-0.3, -0.25) is 9.59 Å². The molecule has 2 N–H and O–H groups in total. The van der Waals surface area contributed by atoms with Crippen LogP contribution in [0.4, 0.5) is 5.82 Å². The van der Waals surface area contributed by atoms with E-state index < -0.39 is 5.97 Å². The van der Waals surface area contributed by atoms with Crippen molar-refractivity contribution in [2.24, 2.45) is 5.92 Å². The van der Waals surface area contributed by atoms with E-state index in [1.165, 1.54) is 0 Å². The quantitative estimate of drug-likeness (QED) is 0.707. The Morgan fingerprint density at radius 3 is 2.69 bits per heavy atom.